The number of hydrogen-bond donors (Lipinski definition) is 0. The summed E-state index contributed by atoms with van der Waals surface area (Å²) < 4.78 is 11.0. The Morgan fingerprint density at radius 1 is 1.27 bits per heavy atom. The van der Waals surface area contributed by atoms with Gasteiger partial charge in [-0.2, -0.15) is 5.26 Å². The number of halogens is 1. The fraction of sp³-hybridized carbons (Fsp3) is 0.364. The summed E-state index contributed by atoms with van der Waals surface area (Å²) in [4.78, 5) is 0. The molecule has 1 heterocycles. The molecule has 0 saturated carbocycles. The van der Waals surface area contributed by atoms with Crippen molar-refractivity contribution in [3.8, 4) is 17.6 Å². The van der Waals surface area contributed by atoms with Crippen molar-refractivity contribution >= 4 is 11.6 Å². The van der Waals surface area contributed by atoms with Crippen LogP contribution >= 0.6 is 11.6 Å². The highest BCUT2D eigenvalue weighted by molar-refractivity contribution is 6.22. The minimum Gasteiger partial charge on any atom is -0.490 e. The van der Waals surface area contributed by atoms with Crippen LogP contribution in [-0.2, 0) is 0 Å². The van der Waals surface area contributed by atoms with E-state index in [9.17, 15) is 0 Å². The molecule has 1 aliphatic heterocycles. The van der Waals surface area contributed by atoms with Gasteiger partial charge in [-0.15, -0.1) is 11.6 Å². The molecule has 0 amide bonds. The summed E-state index contributed by atoms with van der Waals surface area (Å²) in [5, 5.41) is 8.06. The van der Waals surface area contributed by atoms with Crippen molar-refractivity contribution in [2.24, 2.45) is 0 Å². The first-order valence-corrected chi connectivity index (χ1v) is 5.18. The zero-order valence-corrected chi connectivity index (χ0v) is 8.83. The van der Waals surface area contributed by atoms with Crippen LogP contribution in [0.3, 0.4) is 0 Å². The van der Waals surface area contributed by atoms with E-state index in [1.54, 1.807) is 18.2 Å². The average molecular weight is 224 g/mol. The third-order valence-corrected chi connectivity index (χ3v) is 2.53. The molecule has 0 N–H and O–H groups in total. The van der Waals surface area contributed by atoms with Gasteiger partial charge in [-0.3, -0.25) is 0 Å². The van der Waals surface area contributed by atoms with E-state index in [0.717, 1.165) is 17.7 Å². The maximum atomic E-state index is 8.69. The van der Waals surface area contributed by atoms with Crippen molar-refractivity contribution in [3.63, 3.8) is 0 Å². The van der Waals surface area contributed by atoms with Crippen LogP contribution in [0.25, 0.3) is 0 Å². The molecule has 1 unspecified atom stereocenters. The molecule has 0 aromatic heterocycles. The summed E-state index contributed by atoms with van der Waals surface area (Å²) in [6, 6.07) is 7.32. The first-order valence-electron chi connectivity index (χ1n) is 4.74. The minimum absolute atomic E-state index is 0.635. The van der Waals surface area contributed by atoms with E-state index in [1.165, 1.54) is 0 Å². The third kappa shape index (κ3) is 2.16. The molecule has 2 rings (SSSR count). The van der Waals surface area contributed by atoms with Crippen LogP contribution in [0.4, 0.5) is 0 Å². The molecule has 0 radical (unpaired) electrons. The molecule has 0 spiro atoms. The smallest absolute Gasteiger partial charge is 0.161 e. The fourth-order valence-electron chi connectivity index (χ4n) is 1.41. The van der Waals surface area contributed by atoms with Gasteiger partial charge in [0.05, 0.1) is 19.3 Å². The van der Waals surface area contributed by atoms with Crippen LogP contribution in [0, 0.1) is 11.3 Å². The maximum absolute atomic E-state index is 8.69. The Bertz CT molecular complexity index is 400. The number of nitrogens with zero attached hydrogens (tertiary/aromatic N) is 1. The largest absolute Gasteiger partial charge is 0.490 e. The van der Waals surface area contributed by atoms with Crippen molar-refractivity contribution in [2.75, 3.05) is 13.2 Å². The Balaban J connectivity index is 2.32. The lowest BCUT2D eigenvalue weighted by Crippen LogP contribution is -1.97. The molecule has 0 saturated heterocycles. The minimum atomic E-state index is -0.637. The van der Waals surface area contributed by atoms with Gasteiger partial charge < -0.3 is 9.47 Å². The van der Waals surface area contributed by atoms with Gasteiger partial charge in [-0.1, -0.05) is 6.07 Å². The Hall–Kier alpha value is -1.40. The molecule has 1 aromatic carbocycles. The van der Waals surface area contributed by atoms with E-state index in [4.69, 9.17) is 26.3 Å². The molecule has 1 aromatic rings. The van der Waals surface area contributed by atoms with Crippen molar-refractivity contribution in [2.45, 2.75) is 11.8 Å². The predicted octanol–water partition coefficient (Wildman–Crippen LogP) is 2.65. The number of benzene rings is 1. The normalized spacial score (nSPS) is 16.3. The van der Waals surface area contributed by atoms with E-state index < -0.39 is 5.38 Å². The van der Waals surface area contributed by atoms with Gasteiger partial charge in [0.1, 0.15) is 5.38 Å². The second-order valence-electron chi connectivity index (χ2n) is 3.25. The number of alkyl halides is 1. The van der Waals surface area contributed by atoms with Crippen molar-refractivity contribution in [3.05, 3.63) is 23.8 Å². The van der Waals surface area contributed by atoms with Crippen LogP contribution in [0.15, 0.2) is 18.2 Å². The molecular formula is C11H10ClNO2. The van der Waals surface area contributed by atoms with Crippen LogP contribution in [0.5, 0.6) is 11.5 Å². The summed E-state index contributed by atoms with van der Waals surface area (Å²) in [6.45, 7) is 1.30. The van der Waals surface area contributed by atoms with Crippen molar-refractivity contribution < 1.29 is 9.47 Å². The predicted molar refractivity (Wildman–Crippen MR) is 56.3 cm³/mol. The highest BCUT2D eigenvalue weighted by Gasteiger charge is 2.13. The van der Waals surface area contributed by atoms with Crippen LogP contribution in [-0.4, -0.2) is 13.2 Å². The van der Waals surface area contributed by atoms with E-state index >= 15 is 0 Å². The van der Waals surface area contributed by atoms with Gasteiger partial charge in [0.2, 0.25) is 0 Å². The summed E-state index contributed by atoms with van der Waals surface area (Å²) in [6.07, 6.45) is 0.868. The lowest BCUT2D eigenvalue weighted by atomic mass is 10.1. The van der Waals surface area contributed by atoms with E-state index in [2.05, 4.69) is 0 Å². The first-order chi connectivity index (χ1) is 7.31. The van der Waals surface area contributed by atoms with Gasteiger partial charge in [-0.25, -0.2) is 0 Å². The Morgan fingerprint density at radius 2 is 2.00 bits per heavy atom. The van der Waals surface area contributed by atoms with Gasteiger partial charge in [0.15, 0.2) is 11.5 Å². The van der Waals surface area contributed by atoms with Gasteiger partial charge in [0, 0.05) is 6.42 Å². The number of nitriles is 1. The van der Waals surface area contributed by atoms with Gasteiger partial charge >= 0.3 is 0 Å². The molecule has 1 aliphatic rings. The van der Waals surface area contributed by atoms with Crippen molar-refractivity contribution in [1.82, 2.24) is 0 Å². The second-order valence-corrected chi connectivity index (χ2v) is 3.68. The second kappa shape index (κ2) is 4.41. The quantitative estimate of drug-likeness (QED) is 0.688. The monoisotopic (exact) mass is 223 g/mol. The van der Waals surface area contributed by atoms with Crippen LogP contribution < -0.4 is 9.47 Å². The number of hydrogen-bond acceptors (Lipinski definition) is 3. The van der Waals surface area contributed by atoms with E-state index in [0.29, 0.717) is 19.0 Å². The Morgan fingerprint density at radius 3 is 2.73 bits per heavy atom. The van der Waals surface area contributed by atoms with Crippen LogP contribution in [0.2, 0.25) is 0 Å². The number of rotatable bonds is 1. The topological polar surface area (TPSA) is 42.2 Å². The fourth-order valence-corrected chi connectivity index (χ4v) is 1.55. The summed E-state index contributed by atoms with van der Waals surface area (Å²) in [5.41, 5.74) is 0.739. The lowest BCUT2D eigenvalue weighted by Gasteiger charge is -2.09. The van der Waals surface area contributed by atoms with E-state index in [-0.39, 0.29) is 0 Å². The van der Waals surface area contributed by atoms with E-state index in [1.807, 2.05) is 6.07 Å². The molecule has 4 heteroatoms. The molecule has 0 fully saturated rings. The first kappa shape index (κ1) is 10.1. The molecule has 15 heavy (non-hydrogen) atoms. The molecule has 78 valence electrons. The third-order valence-electron chi connectivity index (χ3n) is 2.18. The highest BCUT2D eigenvalue weighted by Crippen LogP contribution is 2.33. The number of ether oxygens (including phenoxy) is 2. The summed E-state index contributed by atoms with van der Waals surface area (Å²) in [5.74, 6) is 1.39. The SMILES string of the molecule is N#CC(Cl)c1ccc2c(c1)OCCCO2. The van der Waals surface area contributed by atoms with Crippen LogP contribution in [0.1, 0.15) is 17.4 Å². The molecule has 0 aliphatic carbocycles. The summed E-state index contributed by atoms with van der Waals surface area (Å²) >= 11 is 5.82. The molecule has 1 atom stereocenters. The van der Waals surface area contributed by atoms with Gasteiger partial charge in [0.25, 0.3) is 0 Å². The molecular weight excluding hydrogens is 214 g/mol. The number of fused-ring (bicyclic) bond motifs is 1. The molecule has 0 bridgehead atoms. The van der Waals surface area contributed by atoms with Gasteiger partial charge in [-0.05, 0) is 17.7 Å². The summed E-state index contributed by atoms with van der Waals surface area (Å²) in [7, 11) is 0. The highest BCUT2D eigenvalue weighted by atomic mass is 35.5. The van der Waals surface area contributed by atoms with Crippen molar-refractivity contribution in [1.29, 1.82) is 5.26 Å². The Labute approximate surface area is 93.2 Å². The molecule has 3 nitrogen and oxygen atoms in total. The maximum Gasteiger partial charge on any atom is 0.161 e. The lowest BCUT2D eigenvalue weighted by molar-refractivity contribution is 0.297. The standard InChI is InChI=1S/C11H10ClNO2/c12-9(7-13)8-2-3-10-11(6-8)15-5-1-4-14-10/h2-3,6,9H,1,4-5H2. The Kier molecular flexibility index (Phi) is 2.98. The average Bonchev–Trinajstić information content (AvgIpc) is 2.51. The zero-order valence-electron chi connectivity index (χ0n) is 8.07. The zero-order chi connectivity index (χ0) is 10.7.